The van der Waals surface area contributed by atoms with Gasteiger partial charge in [-0.25, -0.2) is 0 Å². The number of carboxylic acid groups (broad SMARTS) is 1. The third-order valence-corrected chi connectivity index (χ3v) is 8.46. The zero-order valence-corrected chi connectivity index (χ0v) is 21.1. The monoisotopic (exact) mass is 506 g/mol. The second-order valence-electron chi connectivity index (χ2n) is 10.7. The van der Waals surface area contributed by atoms with Gasteiger partial charge in [0.25, 0.3) is 5.91 Å². The van der Waals surface area contributed by atoms with Crippen LogP contribution in [0.3, 0.4) is 0 Å². The van der Waals surface area contributed by atoms with E-state index >= 15 is 0 Å². The molecule has 0 saturated carbocycles. The summed E-state index contributed by atoms with van der Waals surface area (Å²) in [6.07, 6.45) is 4.48. The minimum absolute atomic E-state index is 0.0560. The average Bonchev–Trinajstić information content (AvgIpc) is 3.45. The Kier molecular flexibility index (Phi) is 6.58. The van der Waals surface area contributed by atoms with Gasteiger partial charge in [-0.1, -0.05) is 36.4 Å². The molecule has 2 amide bonds. The summed E-state index contributed by atoms with van der Waals surface area (Å²) in [7, 11) is 0. The predicted molar refractivity (Wildman–Crippen MR) is 139 cm³/mol. The number of fused-ring (bicyclic) bond motifs is 2. The van der Waals surface area contributed by atoms with Crippen LogP contribution >= 0.6 is 0 Å². The van der Waals surface area contributed by atoms with Crippen molar-refractivity contribution in [2.75, 3.05) is 24.6 Å². The molecule has 3 saturated heterocycles. The van der Waals surface area contributed by atoms with Crippen molar-refractivity contribution in [1.29, 1.82) is 0 Å². The van der Waals surface area contributed by atoms with Crippen LogP contribution in [0.15, 0.2) is 55.1 Å². The zero-order valence-electron chi connectivity index (χ0n) is 21.1. The van der Waals surface area contributed by atoms with Gasteiger partial charge in [-0.2, -0.15) is 0 Å². The molecule has 1 spiro atoms. The summed E-state index contributed by atoms with van der Waals surface area (Å²) in [4.78, 5) is 43.8. The molecular formula is C29H34N2O6. The van der Waals surface area contributed by atoms with E-state index in [0.717, 1.165) is 10.8 Å². The van der Waals surface area contributed by atoms with Crippen LogP contribution in [0.5, 0.6) is 0 Å². The highest BCUT2D eigenvalue weighted by atomic mass is 16.5. The molecule has 2 aromatic rings. The van der Waals surface area contributed by atoms with Crippen molar-refractivity contribution in [1.82, 2.24) is 4.90 Å². The summed E-state index contributed by atoms with van der Waals surface area (Å²) in [5, 5.41) is 21.3. The number of anilines is 1. The number of ether oxygens (including phenoxy) is 1. The number of benzene rings is 2. The van der Waals surface area contributed by atoms with Crippen molar-refractivity contribution in [3.63, 3.8) is 0 Å². The summed E-state index contributed by atoms with van der Waals surface area (Å²) in [6.45, 7) is 6.20. The highest BCUT2D eigenvalue weighted by molar-refractivity contribution is 6.05. The number of aliphatic hydroxyl groups excluding tert-OH is 1. The molecule has 8 nitrogen and oxygen atoms in total. The van der Waals surface area contributed by atoms with E-state index in [-0.39, 0.29) is 25.0 Å². The quantitative estimate of drug-likeness (QED) is 0.378. The molecule has 0 aliphatic carbocycles. The Hall–Kier alpha value is -3.23. The first-order chi connectivity index (χ1) is 17.8. The molecule has 8 heteroatoms. The summed E-state index contributed by atoms with van der Waals surface area (Å²) >= 11 is 0. The second-order valence-corrected chi connectivity index (χ2v) is 10.7. The largest absolute Gasteiger partial charge is 0.481 e. The molecule has 37 heavy (non-hydrogen) atoms. The Morgan fingerprint density at radius 2 is 1.92 bits per heavy atom. The SMILES string of the molecule is C=CCN(C(=O)C1N(CCCCCO)C(=O)[C@@H]2[C@@H](C(=O)O)[C@@]3(C)CCC12O3)c1ccc2ccccc2c1. The van der Waals surface area contributed by atoms with E-state index in [4.69, 9.17) is 4.74 Å². The van der Waals surface area contributed by atoms with Gasteiger partial charge in [0.2, 0.25) is 5.91 Å². The molecule has 3 aliphatic heterocycles. The van der Waals surface area contributed by atoms with Gasteiger partial charge in [-0.15, -0.1) is 6.58 Å². The number of hydrogen-bond donors (Lipinski definition) is 2. The number of amides is 2. The van der Waals surface area contributed by atoms with Gasteiger partial charge in [0.05, 0.1) is 17.4 Å². The Bertz CT molecular complexity index is 1250. The van der Waals surface area contributed by atoms with E-state index in [2.05, 4.69) is 6.58 Å². The first-order valence-electron chi connectivity index (χ1n) is 13.0. The summed E-state index contributed by atoms with van der Waals surface area (Å²) < 4.78 is 6.48. The van der Waals surface area contributed by atoms with E-state index in [1.807, 2.05) is 42.5 Å². The van der Waals surface area contributed by atoms with Gasteiger partial charge in [-0.3, -0.25) is 14.4 Å². The molecule has 2 N–H and O–H groups in total. The van der Waals surface area contributed by atoms with Crippen molar-refractivity contribution >= 4 is 34.2 Å². The van der Waals surface area contributed by atoms with Crippen LogP contribution in [0.1, 0.15) is 39.0 Å². The van der Waals surface area contributed by atoms with E-state index < -0.39 is 35.0 Å². The van der Waals surface area contributed by atoms with Crippen LogP contribution in [0.25, 0.3) is 10.8 Å². The maximum atomic E-state index is 14.4. The van der Waals surface area contributed by atoms with Gasteiger partial charge < -0.3 is 24.7 Å². The fourth-order valence-corrected chi connectivity index (χ4v) is 6.84. The van der Waals surface area contributed by atoms with E-state index in [1.54, 1.807) is 22.8 Å². The molecule has 196 valence electrons. The molecule has 0 aromatic heterocycles. The van der Waals surface area contributed by atoms with Crippen molar-refractivity contribution in [3.8, 4) is 0 Å². The maximum absolute atomic E-state index is 14.4. The lowest BCUT2D eigenvalue weighted by atomic mass is 9.66. The number of nitrogens with zero attached hydrogens (tertiary/aromatic N) is 2. The number of carbonyl (C=O) groups is 3. The van der Waals surface area contributed by atoms with Crippen molar-refractivity contribution in [2.45, 2.75) is 56.3 Å². The molecule has 3 aliphatic rings. The lowest BCUT2D eigenvalue weighted by molar-refractivity contribution is -0.154. The molecular weight excluding hydrogens is 472 g/mol. The lowest BCUT2D eigenvalue weighted by Gasteiger charge is -2.37. The van der Waals surface area contributed by atoms with Crippen LogP contribution in [0, 0.1) is 11.8 Å². The smallest absolute Gasteiger partial charge is 0.310 e. The van der Waals surface area contributed by atoms with Crippen LogP contribution in [-0.4, -0.2) is 69.8 Å². The first kappa shape index (κ1) is 25.4. The van der Waals surface area contributed by atoms with Gasteiger partial charge >= 0.3 is 5.97 Å². The third kappa shape index (κ3) is 3.94. The van der Waals surface area contributed by atoms with Gasteiger partial charge in [0.1, 0.15) is 11.6 Å². The molecule has 3 fully saturated rings. The van der Waals surface area contributed by atoms with E-state index in [9.17, 15) is 24.6 Å². The number of carbonyl (C=O) groups excluding carboxylic acids is 2. The summed E-state index contributed by atoms with van der Waals surface area (Å²) in [6, 6.07) is 12.7. The van der Waals surface area contributed by atoms with Gasteiger partial charge in [0.15, 0.2) is 0 Å². The topological polar surface area (TPSA) is 107 Å². The lowest BCUT2D eigenvalue weighted by Crippen LogP contribution is -2.56. The highest BCUT2D eigenvalue weighted by Crippen LogP contribution is 2.63. The third-order valence-electron chi connectivity index (χ3n) is 8.46. The van der Waals surface area contributed by atoms with Crippen LogP contribution in [0.4, 0.5) is 5.69 Å². The minimum atomic E-state index is -1.18. The molecule has 2 unspecified atom stereocenters. The number of hydrogen-bond acceptors (Lipinski definition) is 5. The average molecular weight is 507 g/mol. The fourth-order valence-electron chi connectivity index (χ4n) is 6.84. The Labute approximate surface area is 216 Å². The molecule has 5 atom stereocenters. The van der Waals surface area contributed by atoms with Crippen molar-refractivity contribution in [3.05, 3.63) is 55.1 Å². The fraction of sp³-hybridized carbons (Fsp3) is 0.483. The summed E-state index contributed by atoms with van der Waals surface area (Å²) in [5.74, 6) is -3.58. The Morgan fingerprint density at radius 1 is 1.16 bits per heavy atom. The number of rotatable bonds is 10. The Balaban J connectivity index is 1.56. The first-order valence-corrected chi connectivity index (χ1v) is 13.0. The predicted octanol–water partition coefficient (Wildman–Crippen LogP) is 3.37. The number of carboxylic acids is 1. The standard InChI is InChI=1S/C29H34N2O6/c1-3-15-30(21-12-11-19-9-5-6-10-20(19)18-21)26(34)24-29-14-13-28(2,37-29)23(27(35)36)22(29)25(33)31(24)16-7-4-8-17-32/h3,5-6,9-12,18,22-24,32H,1,4,7-8,13-17H2,2H3,(H,35,36)/t22-,23-,24?,28+,29?/m0/s1. The Morgan fingerprint density at radius 3 is 2.62 bits per heavy atom. The second kappa shape index (κ2) is 9.58. The van der Waals surface area contributed by atoms with Crippen LogP contribution < -0.4 is 4.90 Å². The molecule has 2 aromatic carbocycles. The van der Waals surface area contributed by atoms with Crippen molar-refractivity contribution < 1.29 is 29.3 Å². The molecule has 5 rings (SSSR count). The molecule has 2 bridgehead atoms. The van der Waals surface area contributed by atoms with Crippen LogP contribution in [-0.2, 0) is 19.1 Å². The minimum Gasteiger partial charge on any atom is -0.481 e. The number of likely N-dealkylation sites (tertiary alicyclic amines) is 1. The van der Waals surface area contributed by atoms with E-state index in [1.165, 1.54) is 0 Å². The van der Waals surface area contributed by atoms with Gasteiger partial charge in [0, 0.05) is 25.4 Å². The zero-order chi connectivity index (χ0) is 26.4. The van der Waals surface area contributed by atoms with E-state index in [0.29, 0.717) is 44.3 Å². The van der Waals surface area contributed by atoms with Crippen molar-refractivity contribution in [2.24, 2.45) is 11.8 Å². The maximum Gasteiger partial charge on any atom is 0.310 e. The van der Waals surface area contributed by atoms with Crippen LogP contribution in [0.2, 0.25) is 0 Å². The highest BCUT2D eigenvalue weighted by Gasteiger charge is 2.78. The summed E-state index contributed by atoms with van der Waals surface area (Å²) in [5.41, 5.74) is -1.48. The number of unbranched alkanes of at least 4 members (excludes halogenated alkanes) is 2. The molecule has 3 heterocycles. The molecule has 0 radical (unpaired) electrons. The number of aliphatic hydroxyl groups is 1. The number of aliphatic carboxylic acids is 1. The normalized spacial score (nSPS) is 30.1. The van der Waals surface area contributed by atoms with Gasteiger partial charge in [-0.05, 0) is 61.9 Å².